The Balaban J connectivity index is 1.34. The van der Waals surface area contributed by atoms with Crippen molar-refractivity contribution >= 4 is 11.0 Å². The number of halogens is 1. The van der Waals surface area contributed by atoms with E-state index in [0.717, 1.165) is 35.6 Å². The van der Waals surface area contributed by atoms with E-state index in [0.29, 0.717) is 25.3 Å². The number of aromatic amines is 1. The van der Waals surface area contributed by atoms with Crippen LogP contribution in [0.3, 0.4) is 0 Å². The normalized spacial score (nSPS) is 20.5. The quantitative estimate of drug-likeness (QED) is 0.703. The zero-order chi connectivity index (χ0) is 18.1. The van der Waals surface area contributed by atoms with Gasteiger partial charge < -0.3 is 9.88 Å². The smallest absolute Gasteiger partial charge is 0.167 e. The molecule has 7 nitrogen and oxygen atoms in total. The Bertz CT molecular complexity index is 887. The number of likely N-dealkylation sites (N-methyl/N-ethyl adjacent to an activating group) is 1. The Kier molecular flexibility index (Phi) is 4.69. The Labute approximate surface area is 151 Å². The number of hydrogen-bond acceptors (Lipinski definition) is 5. The molecule has 4 rings (SSSR count). The molecule has 2 aromatic heterocycles. The number of para-hydroxylation sites is 2. The molecular formula is C18H24FN7. The van der Waals surface area contributed by atoms with Gasteiger partial charge in [-0.2, -0.15) is 5.10 Å². The first-order chi connectivity index (χ1) is 12.6. The van der Waals surface area contributed by atoms with Crippen LogP contribution in [0.15, 0.2) is 24.3 Å². The van der Waals surface area contributed by atoms with E-state index in [-0.39, 0.29) is 6.04 Å². The van der Waals surface area contributed by atoms with Crippen LogP contribution in [0.1, 0.15) is 29.9 Å². The topological polar surface area (TPSA) is 74.7 Å². The highest BCUT2D eigenvalue weighted by atomic mass is 19.1. The molecule has 1 aliphatic heterocycles. The summed E-state index contributed by atoms with van der Waals surface area (Å²) in [5.74, 6) is 2.53. The van der Waals surface area contributed by atoms with Gasteiger partial charge in [-0.1, -0.05) is 12.1 Å². The summed E-state index contributed by atoms with van der Waals surface area (Å²) in [7, 11) is 4.11. The zero-order valence-electron chi connectivity index (χ0n) is 15.1. The summed E-state index contributed by atoms with van der Waals surface area (Å²) in [4.78, 5) is 11.4. The van der Waals surface area contributed by atoms with Crippen molar-refractivity contribution < 1.29 is 4.39 Å². The highest BCUT2D eigenvalue weighted by Gasteiger charge is 2.27. The number of alkyl halides is 1. The standard InChI is InChI=1S/C18H24FN7/c1-25(8-7-17-21-13-5-3-4-6-15(13)26(17)2)11-16-22-18(24-23-16)14-9-12(19)10-20-14/h3-6,12,14,20H,7-11H2,1-2H3,(H,22,23,24)/t12-,14+/m0/s1. The fourth-order valence-electron chi connectivity index (χ4n) is 3.47. The van der Waals surface area contributed by atoms with E-state index in [9.17, 15) is 4.39 Å². The lowest BCUT2D eigenvalue weighted by Crippen LogP contribution is -2.22. The van der Waals surface area contributed by atoms with E-state index in [1.807, 2.05) is 18.2 Å². The van der Waals surface area contributed by atoms with E-state index in [4.69, 9.17) is 4.98 Å². The lowest BCUT2D eigenvalue weighted by Gasteiger charge is -2.14. The fourth-order valence-corrected chi connectivity index (χ4v) is 3.47. The average molecular weight is 357 g/mol. The monoisotopic (exact) mass is 357 g/mol. The van der Waals surface area contributed by atoms with E-state index in [1.165, 1.54) is 0 Å². The first-order valence-corrected chi connectivity index (χ1v) is 8.97. The van der Waals surface area contributed by atoms with Crippen molar-refractivity contribution in [3.05, 3.63) is 41.7 Å². The molecule has 2 atom stereocenters. The van der Waals surface area contributed by atoms with E-state index >= 15 is 0 Å². The highest BCUT2D eigenvalue weighted by Crippen LogP contribution is 2.22. The number of aryl methyl sites for hydroxylation is 1. The van der Waals surface area contributed by atoms with Crippen LogP contribution in [-0.4, -0.2) is 55.9 Å². The van der Waals surface area contributed by atoms with Crippen molar-refractivity contribution in [2.75, 3.05) is 20.1 Å². The second kappa shape index (κ2) is 7.13. The van der Waals surface area contributed by atoms with Gasteiger partial charge in [0.1, 0.15) is 17.8 Å². The Morgan fingerprint density at radius 2 is 2.15 bits per heavy atom. The van der Waals surface area contributed by atoms with Gasteiger partial charge >= 0.3 is 0 Å². The van der Waals surface area contributed by atoms with Crippen molar-refractivity contribution in [2.24, 2.45) is 7.05 Å². The maximum Gasteiger partial charge on any atom is 0.167 e. The van der Waals surface area contributed by atoms with Gasteiger partial charge in [-0.25, -0.2) is 14.4 Å². The number of H-pyrrole nitrogens is 1. The minimum absolute atomic E-state index is 0.0831. The molecule has 26 heavy (non-hydrogen) atoms. The molecular weight excluding hydrogens is 333 g/mol. The first kappa shape index (κ1) is 17.1. The minimum Gasteiger partial charge on any atom is -0.331 e. The third-order valence-corrected chi connectivity index (χ3v) is 4.95. The summed E-state index contributed by atoms with van der Waals surface area (Å²) in [5, 5.41) is 10.3. The zero-order valence-corrected chi connectivity index (χ0v) is 15.1. The highest BCUT2D eigenvalue weighted by molar-refractivity contribution is 5.75. The number of aromatic nitrogens is 5. The predicted molar refractivity (Wildman–Crippen MR) is 97.4 cm³/mol. The summed E-state index contributed by atoms with van der Waals surface area (Å²) >= 11 is 0. The number of fused-ring (bicyclic) bond motifs is 1. The molecule has 3 heterocycles. The molecule has 0 aliphatic carbocycles. The van der Waals surface area contributed by atoms with Gasteiger partial charge in [-0.05, 0) is 19.2 Å². The van der Waals surface area contributed by atoms with Crippen LogP contribution in [0.5, 0.6) is 0 Å². The average Bonchev–Trinajstić information content (AvgIpc) is 3.33. The van der Waals surface area contributed by atoms with Crippen LogP contribution >= 0.6 is 0 Å². The predicted octanol–water partition coefficient (Wildman–Crippen LogP) is 1.74. The molecule has 138 valence electrons. The van der Waals surface area contributed by atoms with Crippen LogP contribution < -0.4 is 5.32 Å². The van der Waals surface area contributed by atoms with Crippen molar-refractivity contribution in [3.63, 3.8) is 0 Å². The van der Waals surface area contributed by atoms with Crippen LogP contribution in [0.2, 0.25) is 0 Å². The van der Waals surface area contributed by atoms with Crippen LogP contribution in [0.25, 0.3) is 11.0 Å². The summed E-state index contributed by atoms with van der Waals surface area (Å²) in [6.45, 7) is 1.91. The maximum absolute atomic E-state index is 13.3. The third kappa shape index (κ3) is 3.47. The number of nitrogens with zero attached hydrogens (tertiary/aromatic N) is 5. The molecule has 1 fully saturated rings. The molecule has 3 aromatic rings. The van der Waals surface area contributed by atoms with Gasteiger partial charge in [0.05, 0.1) is 23.6 Å². The second-order valence-electron chi connectivity index (χ2n) is 7.00. The summed E-state index contributed by atoms with van der Waals surface area (Å²) in [5.41, 5.74) is 2.18. The number of nitrogens with one attached hydrogen (secondary N) is 2. The third-order valence-electron chi connectivity index (χ3n) is 4.95. The van der Waals surface area contributed by atoms with Crippen molar-refractivity contribution in [1.82, 2.24) is 34.9 Å². The molecule has 2 N–H and O–H groups in total. The number of rotatable bonds is 6. The minimum atomic E-state index is -0.807. The second-order valence-corrected chi connectivity index (χ2v) is 7.00. The largest absolute Gasteiger partial charge is 0.331 e. The lowest BCUT2D eigenvalue weighted by atomic mass is 10.2. The van der Waals surface area contributed by atoms with Crippen molar-refractivity contribution in [3.8, 4) is 0 Å². The van der Waals surface area contributed by atoms with E-state index in [2.05, 4.69) is 50.1 Å². The molecule has 0 bridgehead atoms. The molecule has 8 heteroatoms. The number of imidazole rings is 1. The molecule has 0 saturated carbocycles. The molecule has 1 aliphatic rings. The molecule has 1 saturated heterocycles. The van der Waals surface area contributed by atoms with Gasteiger partial charge in [-0.3, -0.25) is 10.00 Å². The van der Waals surface area contributed by atoms with Gasteiger partial charge in [-0.15, -0.1) is 0 Å². The first-order valence-electron chi connectivity index (χ1n) is 8.97. The SMILES string of the molecule is CN(CCc1nc2ccccc2n1C)Cc1nc([C@H]2C[C@H](F)CN2)n[nH]1. The van der Waals surface area contributed by atoms with Crippen LogP contribution in [0, 0.1) is 0 Å². The van der Waals surface area contributed by atoms with E-state index in [1.54, 1.807) is 0 Å². The van der Waals surface area contributed by atoms with Crippen LogP contribution in [0.4, 0.5) is 4.39 Å². The molecule has 1 aromatic carbocycles. The van der Waals surface area contributed by atoms with Gasteiger partial charge in [0.25, 0.3) is 0 Å². The number of hydrogen-bond donors (Lipinski definition) is 2. The van der Waals surface area contributed by atoms with Gasteiger partial charge in [0.2, 0.25) is 0 Å². The summed E-state index contributed by atoms with van der Waals surface area (Å²) in [6, 6.07) is 8.09. The lowest BCUT2D eigenvalue weighted by molar-refractivity contribution is 0.319. The van der Waals surface area contributed by atoms with E-state index < -0.39 is 6.17 Å². The molecule has 0 radical (unpaired) electrons. The van der Waals surface area contributed by atoms with Crippen LogP contribution in [-0.2, 0) is 20.0 Å². The Morgan fingerprint density at radius 3 is 2.92 bits per heavy atom. The summed E-state index contributed by atoms with van der Waals surface area (Å²) in [6.07, 6.45) is 0.494. The van der Waals surface area contributed by atoms with Crippen molar-refractivity contribution in [1.29, 1.82) is 0 Å². The maximum atomic E-state index is 13.3. The fraction of sp³-hybridized carbons (Fsp3) is 0.500. The Hall–Kier alpha value is -2.32. The van der Waals surface area contributed by atoms with Gasteiger partial charge in [0.15, 0.2) is 5.82 Å². The number of benzene rings is 1. The molecule has 0 amide bonds. The molecule has 0 unspecified atom stereocenters. The molecule has 0 spiro atoms. The summed E-state index contributed by atoms with van der Waals surface area (Å²) < 4.78 is 15.5. The Morgan fingerprint density at radius 1 is 1.31 bits per heavy atom. The van der Waals surface area contributed by atoms with Gasteiger partial charge in [0, 0.05) is 33.0 Å². The van der Waals surface area contributed by atoms with Crippen molar-refractivity contribution in [2.45, 2.75) is 31.6 Å².